The predicted molar refractivity (Wildman–Crippen MR) is 105 cm³/mol. The second kappa shape index (κ2) is 6.72. The minimum Gasteiger partial charge on any atom is -0.300 e. The standard InChI is InChI=1S/C21H23NO3S/c1-14-9-15(2)11-20(10-14)22(19-7-8-26(24,25)13-19)21(23)18-6-5-16(3)17(4)12-18/h5-12,19H,13H2,1-4H3/t19-/m1/s1. The Balaban J connectivity index is 2.09. The first-order valence-corrected chi connectivity index (χ1v) is 10.3. The van der Waals surface area contributed by atoms with E-state index in [1.54, 1.807) is 17.0 Å². The van der Waals surface area contributed by atoms with Crippen molar-refractivity contribution in [3.05, 3.63) is 75.7 Å². The highest BCUT2D eigenvalue weighted by Crippen LogP contribution is 2.27. The molecule has 0 aliphatic carbocycles. The van der Waals surface area contributed by atoms with Crippen LogP contribution in [0.3, 0.4) is 0 Å². The number of hydrogen-bond acceptors (Lipinski definition) is 3. The van der Waals surface area contributed by atoms with E-state index in [0.717, 1.165) is 27.9 Å². The van der Waals surface area contributed by atoms with Crippen molar-refractivity contribution < 1.29 is 13.2 Å². The number of aryl methyl sites for hydroxylation is 4. The van der Waals surface area contributed by atoms with E-state index in [4.69, 9.17) is 0 Å². The van der Waals surface area contributed by atoms with E-state index in [0.29, 0.717) is 5.56 Å². The Labute approximate surface area is 155 Å². The van der Waals surface area contributed by atoms with Crippen molar-refractivity contribution in [3.63, 3.8) is 0 Å². The molecule has 4 nitrogen and oxygen atoms in total. The number of anilines is 1. The molecule has 1 amide bonds. The van der Waals surface area contributed by atoms with Crippen molar-refractivity contribution in [2.75, 3.05) is 10.7 Å². The number of rotatable bonds is 3. The Morgan fingerprint density at radius 2 is 1.62 bits per heavy atom. The third-order valence-electron chi connectivity index (χ3n) is 4.70. The maximum atomic E-state index is 13.3. The largest absolute Gasteiger partial charge is 0.300 e. The molecule has 1 heterocycles. The molecule has 0 saturated heterocycles. The highest BCUT2D eigenvalue weighted by molar-refractivity contribution is 7.94. The van der Waals surface area contributed by atoms with Gasteiger partial charge in [-0.2, -0.15) is 0 Å². The summed E-state index contributed by atoms with van der Waals surface area (Å²) in [5.74, 6) is -0.277. The smallest absolute Gasteiger partial charge is 0.258 e. The van der Waals surface area contributed by atoms with Gasteiger partial charge in [-0.15, -0.1) is 0 Å². The molecule has 2 aromatic rings. The molecule has 26 heavy (non-hydrogen) atoms. The average Bonchev–Trinajstić information content (AvgIpc) is 2.89. The van der Waals surface area contributed by atoms with Crippen LogP contribution >= 0.6 is 0 Å². The quantitative estimate of drug-likeness (QED) is 0.825. The molecular weight excluding hydrogens is 346 g/mol. The van der Waals surface area contributed by atoms with E-state index in [-0.39, 0.29) is 11.7 Å². The first kappa shape index (κ1) is 18.4. The third-order valence-corrected chi connectivity index (χ3v) is 6.08. The molecule has 0 unspecified atom stereocenters. The first-order valence-electron chi connectivity index (χ1n) is 8.56. The van der Waals surface area contributed by atoms with Crippen LogP contribution in [-0.4, -0.2) is 26.1 Å². The van der Waals surface area contributed by atoms with Crippen LogP contribution in [0.5, 0.6) is 0 Å². The molecule has 0 aromatic heterocycles. The van der Waals surface area contributed by atoms with Crippen molar-refractivity contribution in [2.24, 2.45) is 0 Å². The number of benzene rings is 2. The molecule has 1 atom stereocenters. The zero-order valence-electron chi connectivity index (χ0n) is 15.5. The summed E-state index contributed by atoms with van der Waals surface area (Å²) in [6.45, 7) is 7.90. The van der Waals surface area contributed by atoms with Crippen LogP contribution in [0.25, 0.3) is 0 Å². The van der Waals surface area contributed by atoms with Gasteiger partial charge in [-0.25, -0.2) is 8.42 Å². The average molecular weight is 369 g/mol. The zero-order valence-corrected chi connectivity index (χ0v) is 16.3. The normalized spacial score (nSPS) is 18.1. The van der Waals surface area contributed by atoms with Gasteiger partial charge in [-0.3, -0.25) is 4.79 Å². The number of amides is 1. The molecule has 3 rings (SSSR count). The van der Waals surface area contributed by atoms with Gasteiger partial charge in [0.15, 0.2) is 9.84 Å². The van der Waals surface area contributed by atoms with Gasteiger partial charge < -0.3 is 4.90 Å². The summed E-state index contributed by atoms with van der Waals surface area (Å²) >= 11 is 0. The second-order valence-corrected chi connectivity index (χ2v) is 8.98. The lowest BCUT2D eigenvalue weighted by Crippen LogP contribution is -2.41. The van der Waals surface area contributed by atoms with Gasteiger partial charge in [-0.1, -0.05) is 12.1 Å². The number of sulfone groups is 1. The lowest BCUT2D eigenvalue weighted by molar-refractivity contribution is 0.0983. The zero-order chi connectivity index (χ0) is 19.1. The number of hydrogen-bond donors (Lipinski definition) is 0. The van der Waals surface area contributed by atoms with Crippen LogP contribution < -0.4 is 4.90 Å². The minimum atomic E-state index is -3.27. The summed E-state index contributed by atoms with van der Waals surface area (Å²) < 4.78 is 23.9. The van der Waals surface area contributed by atoms with Crippen LogP contribution in [0.1, 0.15) is 32.6 Å². The van der Waals surface area contributed by atoms with Crippen LogP contribution in [0.4, 0.5) is 5.69 Å². The molecule has 5 heteroatoms. The fourth-order valence-corrected chi connectivity index (χ4v) is 4.55. The summed E-state index contributed by atoms with van der Waals surface area (Å²) in [5, 5.41) is 1.21. The van der Waals surface area contributed by atoms with Crippen LogP contribution in [0, 0.1) is 27.7 Å². The van der Waals surface area contributed by atoms with Crippen molar-refractivity contribution in [2.45, 2.75) is 33.7 Å². The SMILES string of the molecule is Cc1cc(C)cc(N(C(=O)c2ccc(C)c(C)c2)[C@@H]2C=CS(=O)(=O)C2)c1. The van der Waals surface area contributed by atoms with Gasteiger partial charge in [-0.05, 0) is 80.3 Å². The fraction of sp³-hybridized carbons (Fsp3) is 0.286. The molecule has 0 bridgehead atoms. The van der Waals surface area contributed by atoms with E-state index in [2.05, 4.69) is 0 Å². The predicted octanol–water partition coefficient (Wildman–Crippen LogP) is 3.88. The Bertz CT molecular complexity index is 986. The number of carbonyl (C=O) groups is 1. The van der Waals surface area contributed by atoms with Crippen LogP contribution in [0.2, 0.25) is 0 Å². The van der Waals surface area contributed by atoms with Gasteiger partial charge >= 0.3 is 0 Å². The Kier molecular flexibility index (Phi) is 4.76. The molecule has 1 aliphatic rings. The molecule has 2 aromatic carbocycles. The molecule has 0 radical (unpaired) electrons. The Morgan fingerprint density at radius 1 is 0.962 bits per heavy atom. The fourth-order valence-electron chi connectivity index (χ4n) is 3.28. The number of nitrogens with zero attached hydrogens (tertiary/aromatic N) is 1. The lowest BCUT2D eigenvalue weighted by Gasteiger charge is -2.28. The maximum absolute atomic E-state index is 13.3. The highest BCUT2D eigenvalue weighted by Gasteiger charge is 2.32. The summed E-state index contributed by atoms with van der Waals surface area (Å²) in [6, 6.07) is 11.0. The number of carbonyl (C=O) groups excluding carboxylic acids is 1. The van der Waals surface area contributed by atoms with Crippen molar-refractivity contribution in [3.8, 4) is 0 Å². The lowest BCUT2D eigenvalue weighted by atomic mass is 10.0. The summed E-state index contributed by atoms with van der Waals surface area (Å²) in [5.41, 5.74) is 5.49. The molecule has 1 aliphatic heterocycles. The van der Waals surface area contributed by atoms with Gasteiger partial charge in [0.25, 0.3) is 5.91 Å². The van der Waals surface area contributed by atoms with Gasteiger partial charge in [0.1, 0.15) is 0 Å². The van der Waals surface area contributed by atoms with Gasteiger partial charge in [0.05, 0.1) is 11.8 Å². The summed E-state index contributed by atoms with van der Waals surface area (Å²) in [6.07, 6.45) is 1.60. The van der Waals surface area contributed by atoms with Crippen molar-refractivity contribution >= 4 is 21.4 Å². The third kappa shape index (κ3) is 3.73. The molecule has 136 valence electrons. The summed E-state index contributed by atoms with van der Waals surface area (Å²) in [4.78, 5) is 14.9. The van der Waals surface area contributed by atoms with Crippen molar-refractivity contribution in [1.82, 2.24) is 0 Å². The molecule has 0 saturated carbocycles. The van der Waals surface area contributed by atoms with E-state index in [1.807, 2.05) is 58.0 Å². The molecule has 0 fully saturated rings. The van der Waals surface area contributed by atoms with Gasteiger partial charge in [0, 0.05) is 16.7 Å². The monoisotopic (exact) mass is 369 g/mol. The van der Waals surface area contributed by atoms with Crippen molar-refractivity contribution in [1.29, 1.82) is 0 Å². The van der Waals surface area contributed by atoms with Crippen LogP contribution in [-0.2, 0) is 9.84 Å². The van der Waals surface area contributed by atoms with Crippen LogP contribution in [0.15, 0.2) is 47.9 Å². The highest BCUT2D eigenvalue weighted by atomic mass is 32.2. The molecule has 0 N–H and O–H groups in total. The Hall–Kier alpha value is -2.40. The topological polar surface area (TPSA) is 54.5 Å². The van der Waals surface area contributed by atoms with E-state index >= 15 is 0 Å². The van der Waals surface area contributed by atoms with E-state index in [1.165, 1.54) is 5.41 Å². The van der Waals surface area contributed by atoms with E-state index in [9.17, 15) is 13.2 Å². The minimum absolute atomic E-state index is 0.0867. The molecular formula is C21H23NO3S. The maximum Gasteiger partial charge on any atom is 0.258 e. The summed E-state index contributed by atoms with van der Waals surface area (Å²) in [7, 11) is -3.27. The Morgan fingerprint density at radius 3 is 2.15 bits per heavy atom. The second-order valence-electron chi connectivity index (χ2n) is 7.05. The van der Waals surface area contributed by atoms with E-state index < -0.39 is 15.9 Å². The first-order chi connectivity index (χ1) is 12.2. The molecule has 0 spiro atoms. The van der Waals surface area contributed by atoms with Gasteiger partial charge in [0.2, 0.25) is 0 Å².